The van der Waals surface area contributed by atoms with Crippen LogP contribution in [-0.4, -0.2) is 32.6 Å². The molecule has 1 aliphatic carbocycles. The molecule has 5 heteroatoms. The fourth-order valence-corrected chi connectivity index (χ4v) is 4.67. The molecule has 5 rings (SSSR count). The van der Waals surface area contributed by atoms with Crippen molar-refractivity contribution in [1.82, 2.24) is 19.7 Å². The van der Waals surface area contributed by atoms with Crippen molar-refractivity contribution in [3.8, 4) is 22.4 Å². The average Bonchev–Trinajstić information content (AvgIpc) is 3.45. The van der Waals surface area contributed by atoms with E-state index in [2.05, 4.69) is 41.1 Å². The van der Waals surface area contributed by atoms with Crippen LogP contribution >= 0.6 is 0 Å². The number of benzene rings is 1. The molecule has 0 saturated heterocycles. The molecule has 1 amide bonds. The third-order valence-corrected chi connectivity index (χ3v) is 6.26. The fourth-order valence-electron chi connectivity index (χ4n) is 4.67. The van der Waals surface area contributed by atoms with Gasteiger partial charge in [0.05, 0.1) is 11.9 Å². The van der Waals surface area contributed by atoms with Crippen molar-refractivity contribution in [2.45, 2.75) is 45.7 Å². The fraction of sp³-hybridized carbons (Fsp3) is 0.375. The predicted octanol–water partition coefficient (Wildman–Crippen LogP) is 4.70. The lowest BCUT2D eigenvalue weighted by atomic mass is 9.97. The maximum Gasteiger partial charge on any atom is 0.254 e. The van der Waals surface area contributed by atoms with E-state index in [1.54, 1.807) is 4.90 Å². The van der Waals surface area contributed by atoms with Crippen molar-refractivity contribution in [2.24, 2.45) is 5.92 Å². The van der Waals surface area contributed by atoms with Gasteiger partial charge in [-0.25, -0.2) is 0 Å². The molecule has 1 aromatic carbocycles. The van der Waals surface area contributed by atoms with E-state index < -0.39 is 0 Å². The molecule has 0 bridgehead atoms. The van der Waals surface area contributed by atoms with E-state index in [0.717, 1.165) is 51.5 Å². The van der Waals surface area contributed by atoms with Crippen LogP contribution in [0.25, 0.3) is 22.4 Å². The minimum absolute atomic E-state index is 0.0832. The Labute approximate surface area is 171 Å². The zero-order chi connectivity index (χ0) is 20.0. The van der Waals surface area contributed by atoms with Crippen LogP contribution in [0.5, 0.6) is 0 Å². The van der Waals surface area contributed by atoms with Crippen molar-refractivity contribution < 1.29 is 4.79 Å². The Morgan fingerprint density at radius 3 is 2.72 bits per heavy atom. The van der Waals surface area contributed by atoms with Crippen molar-refractivity contribution in [3.63, 3.8) is 0 Å². The van der Waals surface area contributed by atoms with Gasteiger partial charge in [-0.2, -0.15) is 5.10 Å². The number of nitrogens with zero attached hydrogens (tertiary/aromatic N) is 4. The first kappa shape index (κ1) is 18.1. The number of aromatic nitrogens is 3. The molecule has 29 heavy (non-hydrogen) atoms. The van der Waals surface area contributed by atoms with Crippen molar-refractivity contribution in [3.05, 3.63) is 59.5 Å². The Hall–Kier alpha value is -2.95. The normalized spacial score (nSPS) is 16.6. The number of amides is 1. The first-order valence-electron chi connectivity index (χ1n) is 10.5. The minimum Gasteiger partial charge on any atom is -0.337 e. The van der Waals surface area contributed by atoms with Crippen LogP contribution in [0.2, 0.25) is 0 Å². The molecular weight excluding hydrogens is 360 g/mol. The number of hydrogen-bond acceptors (Lipinski definition) is 3. The first-order valence-corrected chi connectivity index (χ1v) is 10.5. The quantitative estimate of drug-likeness (QED) is 0.653. The number of aryl methyl sites for hydroxylation is 1. The molecule has 1 aliphatic heterocycles. The van der Waals surface area contributed by atoms with E-state index in [0.29, 0.717) is 6.54 Å². The molecule has 5 nitrogen and oxygen atoms in total. The summed E-state index contributed by atoms with van der Waals surface area (Å²) < 4.78 is 2.08. The van der Waals surface area contributed by atoms with E-state index in [9.17, 15) is 4.79 Å². The SMILES string of the molecule is Cc1cnc(-c2ccc3c(c2)C(=O)N(C)C3)c(-c2cnn(CC3CCCC3)c2)c1. The van der Waals surface area contributed by atoms with Gasteiger partial charge in [-0.1, -0.05) is 25.0 Å². The molecule has 3 heterocycles. The second-order valence-corrected chi connectivity index (χ2v) is 8.54. The average molecular weight is 386 g/mol. The number of pyridine rings is 1. The molecule has 0 radical (unpaired) electrons. The molecule has 0 spiro atoms. The maximum atomic E-state index is 12.4. The van der Waals surface area contributed by atoms with Crippen LogP contribution in [0, 0.1) is 12.8 Å². The van der Waals surface area contributed by atoms with E-state index >= 15 is 0 Å². The van der Waals surface area contributed by atoms with E-state index in [1.807, 2.05) is 25.5 Å². The van der Waals surface area contributed by atoms with Gasteiger partial charge in [0.15, 0.2) is 0 Å². The third-order valence-electron chi connectivity index (χ3n) is 6.26. The number of fused-ring (bicyclic) bond motifs is 1. The molecule has 148 valence electrons. The summed E-state index contributed by atoms with van der Waals surface area (Å²) >= 11 is 0. The molecule has 0 unspecified atom stereocenters. The Kier molecular flexibility index (Phi) is 4.46. The van der Waals surface area contributed by atoms with Crippen LogP contribution < -0.4 is 0 Å². The Balaban J connectivity index is 1.52. The van der Waals surface area contributed by atoms with Gasteiger partial charge in [0.25, 0.3) is 5.91 Å². The van der Waals surface area contributed by atoms with Crippen molar-refractivity contribution >= 4 is 5.91 Å². The van der Waals surface area contributed by atoms with Crippen LogP contribution in [0.4, 0.5) is 0 Å². The van der Waals surface area contributed by atoms with Gasteiger partial charge in [0.2, 0.25) is 0 Å². The standard InChI is InChI=1S/C24H26N4O/c1-16-9-21(20-12-26-28(15-20)13-17-5-3-4-6-17)23(25-11-16)18-7-8-19-14-27(2)24(29)22(19)10-18/h7-12,15,17H,3-6,13-14H2,1-2H3. The second kappa shape index (κ2) is 7.14. The monoisotopic (exact) mass is 386 g/mol. The summed E-state index contributed by atoms with van der Waals surface area (Å²) in [4.78, 5) is 18.9. The summed E-state index contributed by atoms with van der Waals surface area (Å²) in [5.41, 5.74) is 7.02. The summed E-state index contributed by atoms with van der Waals surface area (Å²) in [6.45, 7) is 3.73. The molecule has 1 fully saturated rings. The largest absolute Gasteiger partial charge is 0.337 e. The Bertz CT molecular complexity index is 1080. The maximum absolute atomic E-state index is 12.4. The smallest absolute Gasteiger partial charge is 0.254 e. The van der Waals surface area contributed by atoms with Crippen LogP contribution in [-0.2, 0) is 13.1 Å². The summed E-state index contributed by atoms with van der Waals surface area (Å²) in [7, 11) is 1.84. The number of carbonyl (C=O) groups is 1. The van der Waals surface area contributed by atoms with Crippen LogP contribution in [0.3, 0.4) is 0 Å². The molecule has 2 aliphatic rings. The zero-order valence-electron chi connectivity index (χ0n) is 17.1. The molecule has 0 N–H and O–H groups in total. The van der Waals surface area contributed by atoms with E-state index in [1.165, 1.54) is 25.7 Å². The third kappa shape index (κ3) is 3.35. The Morgan fingerprint density at radius 2 is 1.90 bits per heavy atom. The second-order valence-electron chi connectivity index (χ2n) is 8.54. The molecular formula is C24H26N4O. The highest BCUT2D eigenvalue weighted by Gasteiger charge is 2.25. The van der Waals surface area contributed by atoms with E-state index in [4.69, 9.17) is 4.98 Å². The highest BCUT2D eigenvalue weighted by molar-refractivity contribution is 5.99. The van der Waals surface area contributed by atoms with Crippen molar-refractivity contribution in [2.75, 3.05) is 7.05 Å². The predicted molar refractivity (Wildman–Crippen MR) is 113 cm³/mol. The summed E-state index contributed by atoms with van der Waals surface area (Å²) in [6, 6.07) is 8.29. The van der Waals surface area contributed by atoms with Gasteiger partial charge in [-0.3, -0.25) is 14.5 Å². The lowest BCUT2D eigenvalue weighted by Gasteiger charge is -2.10. The van der Waals surface area contributed by atoms with Gasteiger partial charge >= 0.3 is 0 Å². The Morgan fingerprint density at radius 1 is 1.07 bits per heavy atom. The van der Waals surface area contributed by atoms with Crippen LogP contribution in [0.1, 0.15) is 47.2 Å². The lowest BCUT2D eigenvalue weighted by Crippen LogP contribution is -2.17. The van der Waals surface area contributed by atoms with Crippen molar-refractivity contribution in [1.29, 1.82) is 0 Å². The van der Waals surface area contributed by atoms with E-state index in [-0.39, 0.29) is 5.91 Å². The van der Waals surface area contributed by atoms with Gasteiger partial charge in [-0.05, 0) is 48.9 Å². The summed E-state index contributed by atoms with van der Waals surface area (Å²) in [5, 5.41) is 4.63. The van der Waals surface area contributed by atoms with Gasteiger partial charge in [0, 0.05) is 54.8 Å². The zero-order valence-corrected chi connectivity index (χ0v) is 17.1. The molecule has 1 saturated carbocycles. The molecule has 3 aromatic rings. The lowest BCUT2D eigenvalue weighted by molar-refractivity contribution is 0.0816. The van der Waals surface area contributed by atoms with Crippen LogP contribution in [0.15, 0.2) is 42.9 Å². The highest BCUT2D eigenvalue weighted by Crippen LogP contribution is 2.34. The number of rotatable bonds is 4. The number of carbonyl (C=O) groups excluding carboxylic acids is 1. The topological polar surface area (TPSA) is 51.0 Å². The molecule has 2 aromatic heterocycles. The highest BCUT2D eigenvalue weighted by atomic mass is 16.2. The summed E-state index contributed by atoms with van der Waals surface area (Å²) in [5.74, 6) is 0.831. The summed E-state index contributed by atoms with van der Waals surface area (Å²) in [6.07, 6.45) is 11.3. The first-order chi connectivity index (χ1) is 14.1. The number of hydrogen-bond donors (Lipinski definition) is 0. The van der Waals surface area contributed by atoms with Gasteiger partial charge in [0.1, 0.15) is 0 Å². The molecule has 0 atom stereocenters. The van der Waals surface area contributed by atoms with Gasteiger partial charge in [-0.15, -0.1) is 0 Å². The van der Waals surface area contributed by atoms with Gasteiger partial charge < -0.3 is 4.90 Å². The minimum atomic E-state index is 0.0832.